The number of rotatable bonds is 6. The van der Waals surface area contributed by atoms with E-state index >= 15 is 0 Å². The van der Waals surface area contributed by atoms with Crippen molar-refractivity contribution in [1.82, 2.24) is 15.0 Å². The van der Waals surface area contributed by atoms with Crippen LogP contribution in [0.25, 0.3) is 0 Å². The largest absolute Gasteiger partial charge is 0.370 e. The average Bonchev–Trinajstić information content (AvgIpc) is 2.86. The van der Waals surface area contributed by atoms with Crippen molar-refractivity contribution >= 4 is 23.0 Å². The highest BCUT2D eigenvalue weighted by molar-refractivity contribution is 7.09. The van der Waals surface area contributed by atoms with Gasteiger partial charge in [0, 0.05) is 30.5 Å². The summed E-state index contributed by atoms with van der Waals surface area (Å²) in [6, 6.07) is 0. The quantitative estimate of drug-likeness (QED) is 0.888. The van der Waals surface area contributed by atoms with E-state index in [0.717, 1.165) is 48.2 Å². The van der Waals surface area contributed by atoms with E-state index in [0.29, 0.717) is 0 Å². The van der Waals surface area contributed by atoms with Gasteiger partial charge in [0.05, 0.1) is 17.7 Å². The molecule has 0 aliphatic rings. The fourth-order valence-electron chi connectivity index (χ4n) is 2.19. The van der Waals surface area contributed by atoms with Gasteiger partial charge in [-0.2, -0.15) is 0 Å². The predicted octanol–water partition coefficient (Wildman–Crippen LogP) is 3.18. The molecule has 0 spiro atoms. The molecule has 114 valence electrons. The van der Waals surface area contributed by atoms with Crippen LogP contribution < -0.4 is 10.2 Å². The molecule has 0 fully saturated rings. The Morgan fingerprint density at radius 2 is 2.00 bits per heavy atom. The molecular formula is C15H23N5S. The van der Waals surface area contributed by atoms with Crippen LogP contribution in [0.4, 0.5) is 11.6 Å². The number of hydrogen-bond donors (Lipinski definition) is 1. The predicted molar refractivity (Wildman–Crippen MR) is 89.3 cm³/mol. The highest BCUT2D eigenvalue weighted by Crippen LogP contribution is 2.25. The molecule has 0 aromatic carbocycles. The standard InChI is InChI=1S/C15H23N5S/c1-6-13-18-14(16-7-2)10(3)15(19-13)20(5)8-12-11(4)17-9-21-12/h9H,6-8H2,1-5H3,(H,16,18,19). The zero-order chi connectivity index (χ0) is 15.4. The van der Waals surface area contributed by atoms with E-state index in [2.05, 4.69) is 48.0 Å². The van der Waals surface area contributed by atoms with E-state index in [1.807, 2.05) is 12.4 Å². The van der Waals surface area contributed by atoms with Crippen LogP contribution in [0.5, 0.6) is 0 Å². The lowest BCUT2D eigenvalue weighted by Gasteiger charge is -2.22. The summed E-state index contributed by atoms with van der Waals surface area (Å²) in [5.41, 5.74) is 4.09. The first kappa shape index (κ1) is 15.7. The third-order valence-electron chi connectivity index (χ3n) is 3.41. The molecular weight excluding hydrogens is 282 g/mol. The Bertz CT molecular complexity index is 608. The number of nitrogens with one attached hydrogen (secondary N) is 1. The number of aryl methyl sites for hydroxylation is 2. The Morgan fingerprint density at radius 1 is 1.24 bits per heavy atom. The Balaban J connectivity index is 2.32. The van der Waals surface area contributed by atoms with Gasteiger partial charge in [-0.1, -0.05) is 6.92 Å². The van der Waals surface area contributed by atoms with Gasteiger partial charge in [0.1, 0.15) is 17.5 Å². The van der Waals surface area contributed by atoms with E-state index < -0.39 is 0 Å². The van der Waals surface area contributed by atoms with Crippen LogP contribution in [-0.2, 0) is 13.0 Å². The van der Waals surface area contributed by atoms with Crippen LogP contribution >= 0.6 is 11.3 Å². The first-order chi connectivity index (χ1) is 10.1. The first-order valence-corrected chi connectivity index (χ1v) is 8.16. The van der Waals surface area contributed by atoms with Crippen molar-refractivity contribution in [2.24, 2.45) is 0 Å². The monoisotopic (exact) mass is 305 g/mol. The summed E-state index contributed by atoms with van der Waals surface area (Å²) in [7, 11) is 2.07. The normalized spacial score (nSPS) is 10.7. The van der Waals surface area contributed by atoms with Gasteiger partial charge in [0.2, 0.25) is 0 Å². The van der Waals surface area contributed by atoms with Crippen LogP contribution in [0.3, 0.4) is 0 Å². The molecule has 2 heterocycles. The molecule has 0 radical (unpaired) electrons. The van der Waals surface area contributed by atoms with Gasteiger partial charge in [0.15, 0.2) is 0 Å². The molecule has 2 aromatic heterocycles. The van der Waals surface area contributed by atoms with E-state index in [1.54, 1.807) is 11.3 Å². The minimum absolute atomic E-state index is 0.822. The van der Waals surface area contributed by atoms with Gasteiger partial charge in [-0.25, -0.2) is 15.0 Å². The van der Waals surface area contributed by atoms with Crippen LogP contribution in [0.15, 0.2) is 5.51 Å². The second kappa shape index (κ2) is 6.85. The Labute approximate surface area is 130 Å². The molecule has 0 bridgehead atoms. The highest BCUT2D eigenvalue weighted by Gasteiger charge is 2.15. The van der Waals surface area contributed by atoms with Crippen molar-refractivity contribution in [3.63, 3.8) is 0 Å². The molecule has 21 heavy (non-hydrogen) atoms. The van der Waals surface area contributed by atoms with E-state index in [9.17, 15) is 0 Å². The number of thiazole rings is 1. The topological polar surface area (TPSA) is 53.9 Å². The maximum Gasteiger partial charge on any atom is 0.137 e. The van der Waals surface area contributed by atoms with Crippen molar-refractivity contribution in [3.05, 3.63) is 27.5 Å². The minimum Gasteiger partial charge on any atom is -0.370 e. The number of aromatic nitrogens is 3. The van der Waals surface area contributed by atoms with Crippen molar-refractivity contribution in [2.45, 2.75) is 40.7 Å². The Hall–Kier alpha value is -1.69. The van der Waals surface area contributed by atoms with Crippen LogP contribution in [-0.4, -0.2) is 28.5 Å². The fourth-order valence-corrected chi connectivity index (χ4v) is 3.02. The second-order valence-electron chi connectivity index (χ2n) is 5.04. The maximum absolute atomic E-state index is 4.70. The molecule has 0 saturated carbocycles. The van der Waals surface area contributed by atoms with Gasteiger partial charge in [0.25, 0.3) is 0 Å². The van der Waals surface area contributed by atoms with E-state index in [4.69, 9.17) is 4.98 Å². The summed E-state index contributed by atoms with van der Waals surface area (Å²) in [5, 5.41) is 3.33. The summed E-state index contributed by atoms with van der Waals surface area (Å²) < 4.78 is 0. The lowest BCUT2D eigenvalue weighted by Crippen LogP contribution is -2.21. The maximum atomic E-state index is 4.70. The number of anilines is 2. The van der Waals surface area contributed by atoms with Gasteiger partial charge in [-0.3, -0.25) is 0 Å². The average molecular weight is 305 g/mol. The third kappa shape index (κ3) is 3.50. The fraction of sp³-hybridized carbons (Fsp3) is 0.533. The van der Waals surface area contributed by atoms with Crippen LogP contribution in [0, 0.1) is 13.8 Å². The molecule has 2 rings (SSSR count). The second-order valence-corrected chi connectivity index (χ2v) is 5.98. The molecule has 0 saturated heterocycles. The van der Waals surface area contributed by atoms with Gasteiger partial charge < -0.3 is 10.2 Å². The van der Waals surface area contributed by atoms with Crippen LogP contribution in [0.1, 0.15) is 35.8 Å². The summed E-state index contributed by atoms with van der Waals surface area (Å²) in [4.78, 5) is 17.1. The van der Waals surface area contributed by atoms with Crippen molar-refractivity contribution < 1.29 is 0 Å². The van der Waals surface area contributed by atoms with Gasteiger partial charge in [-0.05, 0) is 20.8 Å². The number of nitrogens with zero attached hydrogens (tertiary/aromatic N) is 4. The zero-order valence-corrected chi connectivity index (χ0v) is 14.2. The molecule has 6 heteroatoms. The van der Waals surface area contributed by atoms with Crippen molar-refractivity contribution in [1.29, 1.82) is 0 Å². The summed E-state index contributed by atoms with van der Waals surface area (Å²) in [6.45, 7) is 9.97. The smallest absolute Gasteiger partial charge is 0.137 e. The van der Waals surface area contributed by atoms with Crippen molar-refractivity contribution in [2.75, 3.05) is 23.8 Å². The zero-order valence-electron chi connectivity index (χ0n) is 13.4. The summed E-state index contributed by atoms with van der Waals surface area (Å²) >= 11 is 1.69. The molecule has 2 aromatic rings. The highest BCUT2D eigenvalue weighted by atomic mass is 32.1. The van der Waals surface area contributed by atoms with E-state index in [1.165, 1.54) is 4.88 Å². The SMILES string of the molecule is CCNc1nc(CC)nc(N(C)Cc2scnc2C)c1C. The van der Waals surface area contributed by atoms with Crippen molar-refractivity contribution in [3.8, 4) is 0 Å². The molecule has 5 nitrogen and oxygen atoms in total. The van der Waals surface area contributed by atoms with Crippen LogP contribution in [0.2, 0.25) is 0 Å². The third-order valence-corrected chi connectivity index (χ3v) is 4.33. The summed E-state index contributed by atoms with van der Waals surface area (Å²) in [6.07, 6.45) is 0.832. The molecule has 0 unspecified atom stereocenters. The first-order valence-electron chi connectivity index (χ1n) is 7.28. The molecule has 1 N–H and O–H groups in total. The van der Waals surface area contributed by atoms with E-state index in [-0.39, 0.29) is 0 Å². The van der Waals surface area contributed by atoms with Gasteiger partial charge >= 0.3 is 0 Å². The molecule has 0 amide bonds. The lowest BCUT2D eigenvalue weighted by atomic mass is 10.2. The number of hydrogen-bond acceptors (Lipinski definition) is 6. The minimum atomic E-state index is 0.822. The molecule has 0 aliphatic heterocycles. The molecule has 0 aliphatic carbocycles. The molecule has 0 atom stereocenters. The van der Waals surface area contributed by atoms with Gasteiger partial charge in [-0.15, -0.1) is 11.3 Å². The Kier molecular flexibility index (Phi) is 5.12. The Morgan fingerprint density at radius 3 is 2.57 bits per heavy atom. The lowest BCUT2D eigenvalue weighted by molar-refractivity contribution is 0.851. The summed E-state index contributed by atoms with van der Waals surface area (Å²) in [5.74, 6) is 2.80.